The molecule has 18 heavy (non-hydrogen) atoms. The summed E-state index contributed by atoms with van der Waals surface area (Å²) in [5, 5.41) is 3.64. The molecule has 1 heterocycles. The van der Waals surface area contributed by atoms with Gasteiger partial charge in [-0.3, -0.25) is 4.90 Å². The van der Waals surface area contributed by atoms with Gasteiger partial charge in [0.1, 0.15) is 0 Å². The van der Waals surface area contributed by atoms with E-state index in [1.54, 1.807) is 7.11 Å². The minimum absolute atomic E-state index is 0.335. The first-order valence-electron chi connectivity index (χ1n) is 7.38. The Morgan fingerprint density at radius 3 is 2.94 bits per heavy atom. The van der Waals surface area contributed by atoms with E-state index in [1.165, 1.54) is 6.42 Å². The minimum atomic E-state index is 0.335. The molecule has 108 valence electrons. The lowest BCUT2D eigenvalue weighted by molar-refractivity contribution is -0.0470. The molecule has 1 saturated heterocycles. The molecule has 1 aliphatic heterocycles. The van der Waals surface area contributed by atoms with E-state index in [-0.39, 0.29) is 0 Å². The van der Waals surface area contributed by atoms with E-state index >= 15 is 0 Å². The quantitative estimate of drug-likeness (QED) is 0.636. The highest BCUT2D eigenvalue weighted by Gasteiger charge is 2.26. The van der Waals surface area contributed by atoms with Crippen LogP contribution in [0.3, 0.4) is 0 Å². The van der Waals surface area contributed by atoms with Gasteiger partial charge in [-0.15, -0.1) is 0 Å². The fourth-order valence-corrected chi connectivity index (χ4v) is 2.46. The van der Waals surface area contributed by atoms with Crippen molar-refractivity contribution in [3.63, 3.8) is 0 Å². The van der Waals surface area contributed by atoms with Gasteiger partial charge in [-0.1, -0.05) is 13.8 Å². The highest BCUT2D eigenvalue weighted by atomic mass is 16.5. The van der Waals surface area contributed by atoms with E-state index in [0.29, 0.717) is 12.1 Å². The number of likely N-dealkylation sites (N-methyl/N-ethyl adjacent to an activating group) is 1. The molecule has 0 saturated carbocycles. The second kappa shape index (κ2) is 9.73. The predicted molar refractivity (Wildman–Crippen MR) is 75.0 cm³/mol. The summed E-state index contributed by atoms with van der Waals surface area (Å²) in [5.74, 6) is 0. The molecule has 0 aromatic rings. The molecule has 0 bridgehead atoms. The third-order valence-electron chi connectivity index (χ3n) is 3.59. The van der Waals surface area contributed by atoms with Crippen LogP contribution in [-0.4, -0.2) is 63.5 Å². The summed E-state index contributed by atoms with van der Waals surface area (Å²) in [7, 11) is 1.77. The van der Waals surface area contributed by atoms with E-state index in [1.807, 2.05) is 0 Å². The van der Waals surface area contributed by atoms with Crippen molar-refractivity contribution in [1.82, 2.24) is 10.2 Å². The molecule has 2 unspecified atom stereocenters. The van der Waals surface area contributed by atoms with Crippen LogP contribution in [0.4, 0.5) is 0 Å². The maximum absolute atomic E-state index is 5.95. The Kier molecular flexibility index (Phi) is 8.59. The number of rotatable bonds is 9. The van der Waals surface area contributed by atoms with Gasteiger partial charge in [-0.05, 0) is 32.4 Å². The van der Waals surface area contributed by atoms with Gasteiger partial charge >= 0.3 is 0 Å². The molecular weight excluding hydrogens is 228 g/mol. The average Bonchev–Trinajstić information content (AvgIpc) is 2.42. The number of hydrogen-bond acceptors (Lipinski definition) is 4. The van der Waals surface area contributed by atoms with Crippen LogP contribution < -0.4 is 5.32 Å². The Hall–Kier alpha value is -0.160. The van der Waals surface area contributed by atoms with Crippen LogP contribution in [0.2, 0.25) is 0 Å². The van der Waals surface area contributed by atoms with Gasteiger partial charge in [-0.25, -0.2) is 0 Å². The zero-order valence-electron chi connectivity index (χ0n) is 12.3. The number of nitrogens with zero attached hydrogens (tertiary/aromatic N) is 1. The molecule has 0 aliphatic carbocycles. The van der Waals surface area contributed by atoms with E-state index in [0.717, 1.165) is 52.2 Å². The van der Waals surface area contributed by atoms with Gasteiger partial charge in [-0.2, -0.15) is 0 Å². The summed E-state index contributed by atoms with van der Waals surface area (Å²) in [6.45, 7) is 10.5. The van der Waals surface area contributed by atoms with Gasteiger partial charge in [0.15, 0.2) is 0 Å². The number of nitrogens with one attached hydrogen (secondary N) is 1. The van der Waals surface area contributed by atoms with Gasteiger partial charge in [0.2, 0.25) is 0 Å². The lowest BCUT2D eigenvalue weighted by atomic mass is 10.0. The zero-order valence-corrected chi connectivity index (χ0v) is 12.3. The summed E-state index contributed by atoms with van der Waals surface area (Å²) in [5.41, 5.74) is 0. The van der Waals surface area contributed by atoms with E-state index in [9.17, 15) is 0 Å². The highest BCUT2D eigenvalue weighted by Crippen LogP contribution is 2.13. The average molecular weight is 258 g/mol. The predicted octanol–water partition coefficient (Wildman–Crippen LogP) is 1.50. The molecule has 1 aliphatic rings. The third kappa shape index (κ3) is 5.65. The van der Waals surface area contributed by atoms with Crippen LogP contribution in [0.25, 0.3) is 0 Å². The molecule has 0 spiro atoms. The largest absolute Gasteiger partial charge is 0.385 e. The lowest BCUT2D eigenvalue weighted by Gasteiger charge is -2.37. The van der Waals surface area contributed by atoms with Crippen LogP contribution >= 0.6 is 0 Å². The summed E-state index contributed by atoms with van der Waals surface area (Å²) in [6.07, 6.45) is 3.74. The second-order valence-corrected chi connectivity index (χ2v) is 5.00. The number of hydrogen-bond donors (Lipinski definition) is 1. The first kappa shape index (κ1) is 15.9. The lowest BCUT2D eigenvalue weighted by Crippen LogP contribution is -2.52. The molecule has 4 nitrogen and oxygen atoms in total. The van der Waals surface area contributed by atoms with Crippen molar-refractivity contribution in [3.8, 4) is 0 Å². The SMILES string of the molecule is CCCNC(CCCOC)C1CN(CC)CCO1. The molecule has 2 atom stereocenters. The number of ether oxygens (including phenoxy) is 2. The fraction of sp³-hybridized carbons (Fsp3) is 1.00. The van der Waals surface area contributed by atoms with Crippen molar-refractivity contribution in [2.45, 2.75) is 45.3 Å². The molecule has 0 aromatic carbocycles. The number of methoxy groups -OCH3 is 1. The molecule has 1 N–H and O–H groups in total. The Morgan fingerprint density at radius 1 is 1.44 bits per heavy atom. The van der Waals surface area contributed by atoms with Crippen LogP contribution in [0.1, 0.15) is 33.1 Å². The Bertz CT molecular complexity index is 202. The molecule has 0 amide bonds. The number of morpholine rings is 1. The maximum Gasteiger partial charge on any atom is 0.0855 e. The topological polar surface area (TPSA) is 33.7 Å². The van der Waals surface area contributed by atoms with Crippen molar-refractivity contribution < 1.29 is 9.47 Å². The summed E-state index contributed by atoms with van der Waals surface area (Å²) in [6, 6.07) is 0.467. The van der Waals surface area contributed by atoms with Crippen LogP contribution in [0.15, 0.2) is 0 Å². The Balaban J connectivity index is 2.40. The van der Waals surface area contributed by atoms with Crippen molar-refractivity contribution >= 4 is 0 Å². The standard InChI is InChI=1S/C14H30N2O2/c1-4-8-15-13(7-6-10-17-3)14-12-16(5-2)9-11-18-14/h13-15H,4-12H2,1-3H3. The van der Waals surface area contributed by atoms with Crippen molar-refractivity contribution in [3.05, 3.63) is 0 Å². The van der Waals surface area contributed by atoms with E-state index < -0.39 is 0 Å². The van der Waals surface area contributed by atoms with Crippen molar-refractivity contribution in [2.24, 2.45) is 0 Å². The summed E-state index contributed by atoms with van der Waals surface area (Å²) in [4.78, 5) is 2.48. The summed E-state index contributed by atoms with van der Waals surface area (Å²) < 4.78 is 11.1. The molecular formula is C14H30N2O2. The van der Waals surface area contributed by atoms with Crippen LogP contribution in [-0.2, 0) is 9.47 Å². The van der Waals surface area contributed by atoms with Crippen molar-refractivity contribution in [1.29, 1.82) is 0 Å². The fourth-order valence-electron chi connectivity index (χ4n) is 2.46. The van der Waals surface area contributed by atoms with Gasteiger partial charge in [0.05, 0.1) is 12.7 Å². The summed E-state index contributed by atoms with van der Waals surface area (Å²) >= 11 is 0. The van der Waals surface area contributed by atoms with Gasteiger partial charge in [0.25, 0.3) is 0 Å². The zero-order chi connectivity index (χ0) is 13.2. The normalized spacial score (nSPS) is 23.2. The highest BCUT2D eigenvalue weighted by molar-refractivity contribution is 4.82. The Morgan fingerprint density at radius 2 is 2.28 bits per heavy atom. The maximum atomic E-state index is 5.95. The monoisotopic (exact) mass is 258 g/mol. The molecule has 0 radical (unpaired) electrons. The van der Waals surface area contributed by atoms with Gasteiger partial charge in [0, 0.05) is 32.8 Å². The molecule has 4 heteroatoms. The van der Waals surface area contributed by atoms with E-state index in [2.05, 4.69) is 24.1 Å². The molecule has 1 fully saturated rings. The van der Waals surface area contributed by atoms with E-state index in [4.69, 9.17) is 9.47 Å². The smallest absolute Gasteiger partial charge is 0.0855 e. The molecule has 0 aromatic heterocycles. The van der Waals surface area contributed by atoms with Crippen LogP contribution in [0.5, 0.6) is 0 Å². The first-order valence-corrected chi connectivity index (χ1v) is 7.38. The second-order valence-electron chi connectivity index (χ2n) is 5.00. The van der Waals surface area contributed by atoms with Crippen LogP contribution in [0, 0.1) is 0 Å². The van der Waals surface area contributed by atoms with Crippen molar-refractivity contribution in [2.75, 3.05) is 46.5 Å². The minimum Gasteiger partial charge on any atom is -0.385 e. The Labute approximate surface area is 112 Å². The first-order chi connectivity index (χ1) is 8.81. The third-order valence-corrected chi connectivity index (χ3v) is 3.59. The molecule has 1 rings (SSSR count). The van der Waals surface area contributed by atoms with Gasteiger partial charge < -0.3 is 14.8 Å².